The summed E-state index contributed by atoms with van der Waals surface area (Å²) in [5, 5.41) is 2.89. The summed E-state index contributed by atoms with van der Waals surface area (Å²) < 4.78 is 1.11. The highest BCUT2D eigenvalue weighted by Crippen LogP contribution is 2.27. The molecule has 0 spiro atoms. The molecule has 3 heteroatoms. The van der Waals surface area contributed by atoms with Crippen molar-refractivity contribution in [3.05, 3.63) is 15.4 Å². The van der Waals surface area contributed by atoms with Gasteiger partial charge in [0.2, 0.25) is 0 Å². The van der Waals surface area contributed by atoms with E-state index >= 15 is 0 Å². The summed E-state index contributed by atoms with van der Waals surface area (Å²) in [6.07, 6.45) is 0. The van der Waals surface area contributed by atoms with E-state index in [9.17, 15) is 0 Å². The first kappa shape index (κ1) is 6.11. The molecular formula is C5H6BrNS. The number of nitrogens with two attached hydrogens (primary N) is 1. The molecule has 0 aliphatic heterocycles. The molecule has 0 amide bonds. The first-order valence-corrected chi connectivity index (χ1v) is 3.88. The molecule has 44 valence electrons. The Hall–Kier alpha value is -0.0200. The highest BCUT2D eigenvalue weighted by Gasteiger charge is 1.98. The second-order valence-electron chi connectivity index (χ2n) is 1.57. The highest BCUT2D eigenvalue weighted by molar-refractivity contribution is 9.10. The molecule has 0 saturated carbocycles. The molecule has 0 unspecified atom stereocenters. The molecule has 1 nitrogen and oxygen atoms in total. The van der Waals surface area contributed by atoms with Gasteiger partial charge in [0, 0.05) is 9.85 Å². The number of hydrogen-bond acceptors (Lipinski definition) is 2. The van der Waals surface area contributed by atoms with Gasteiger partial charge in [0.1, 0.15) is 0 Å². The summed E-state index contributed by atoms with van der Waals surface area (Å²) in [7, 11) is 0. The lowest BCUT2D eigenvalue weighted by atomic mass is 10.4. The van der Waals surface area contributed by atoms with E-state index in [2.05, 4.69) is 15.9 Å². The van der Waals surface area contributed by atoms with E-state index < -0.39 is 0 Å². The van der Waals surface area contributed by atoms with Crippen molar-refractivity contribution < 1.29 is 0 Å². The predicted molar refractivity (Wildman–Crippen MR) is 41.2 cm³/mol. The van der Waals surface area contributed by atoms with Gasteiger partial charge >= 0.3 is 0 Å². The monoisotopic (exact) mass is 191 g/mol. The number of thiophene rings is 1. The lowest BCUT2D eigenvalue weighted by Gasteiger charge is -1.85. The van der Waals surface area contributed by atoms with Crippen LogP contribution in [0.3, 0.4) is 0 Å². The molecule has 1 rings (SSSR count). The largest absolute Gasteiger partial charge is 0.390 e. The molecule has 0 atom stereocenters. The number of halogens is 1. The Balaban J connectivity index is 3.19. The van der Waals surface area contributed by atoms with Crippen LogP contribution in [-0.4, -0.2) is 0 Å². The zero-order chi connectivity index (χ0) is 6.15. The zero-order valence-electron chi connectivity index (χ0n) is 4.44. The van der Waals surface area contributed by atoms with Crippen LogP contribution in [0.1, 0.15) is 5.56 Å². The van der Waals surface area contributed by atoms with Crippen molar-refractivity contribution in [2.45, 2.75) is 6.92 Å². The Morgan fingerprint density at radius 1 is 1.75 bits per heavy atom. The molecule has 0 radical (unpaired) electrons. The van der Waals surface area contributed by atoms with Crippen LogP contribution < -0.4 is 5.73 Å². The fraction of sp³-hybridized carbons (Fsp3) is 0.200. The molecule has 2 N–H and O–H groups in total. The number of rotatable bonds is 0. The molecule has 1 heterocycles. The standard InChI is InChI=1S/C5H6BrNS/c1-3-4(6)2-8-5(3)7/h2H,7H2,1H3. The molecule has 0 saturated heterocycles. The van der Waals surface area contributed by atoms with E-state index in [4.69, 9.17) is 5.73 Å². The van der Waals surface area contributed by atoms with Crippen molar-refractivity contribution >= 4 is 32.3 Å². The maximum absolute atomic E-state index is 5.53. The van der Waals surface area contributed by atoms with E-state index in [-0.39, 0.29) is 0 Å². The summed E-state index contributed by atoms with van der Waals surface area (Å²) >= 11 is 4.91. The van der Waals surface area contributed by atoms with Crippen LogP contribution in [0.25, 0.3) is 0 Å². The molecule has 1 aromatic heterocycles. The van der Waals surface area contributed by atoms with Crippen LogP contribution in [0.4, 0.5) is 5.00 Å². The Morgan fingerprint density at radius 3 is 2.50 bits per heavy atom. The highest BCUT2D eigenvalue weighted by atomic mass is 79.9. The maximum atomic E-state index is 5.53. The SMILES string of the molecule is Cc1c(Br)csc1N. The lowest BCUT2D eigenvalue weighted by molar-refractivity contribution is 1.51. The van der Waals surface area contributed by atoms with Gasteiger partial charge in [-0.05, 0) is 28.4 Å². The molecule has 0 aromatic carbocycles. The maximum Gasteiger partial charge on any atom is 0.0897 e. The van der Waals surface area contributed by atoms with Crippen molar-refractivity contribution in [1.29, 1.82) is 0 Å². The summed E-state index contributed by atoms with van der Waals surface area (Å²) in [5.41, 5.74) is 6.68. The first-order chi connectivity index (χ1) is 3.72. The smallest absolute Gasteiger partial charge is 0.0897 e. The normalized spacial score (nSPS) is 9.75. The van der Waals surface area contributed by atoms with Gasteiger partial charge in [-0.3, -0.25) is 0 Å². The van der Waals surface area contributed by atoms with Gasteiger partial charge in [0.25, 0.3) is 0 Å². The molecule has 0 fully saturated rings. The van der Waals surface area contributed by atoms with E-state index in [0.29, 0.717) is 0 Å². The van der Waals surface area contributed by atoms with Crippen LogP contribution in [0, 0.1) is 6.92 Å². The van der Waals surface area contributed by atoms with Gasteiger partial charge in [-0.25, -0.2) is 0 Å². The summed E-state index contributed by atoms with van der Waals surface area (Å²) in [6, 6.07) is 0. The number of hydrogen-bond donors (Lipinski definition) is 1. The van der Waals surface area contributed by atoms with Gasteiger partial charge in [0.05, 0.1) is 5.00 Å². The summed E-state index contributed by atoms with van der Waals surface area (Å²) in [6.45, 7) is 2.00. The van der Waals surface area contributed by atoms with E-state index in [1.165, 1.54) is 0 Å². The molecule has 0 bridgehead atoms. The van der Waals surface area contributed by atoms with Gasteiger partial charge in [-0.15, -0.1) is 11.3 Å². The van der Waals surface area contributed by atoms with Gasteiger partial charge in [-0.1, -0.05) is 0 Å². The molecule has 0 aliphatic rings. The average Bonchev–Trinajstić information content (AvgIpc) is 1.98. The second kappa shape index (κ2) is 2.07. The Labute approximate surface area is 60.6 Å². The minimum absolute atomic E-state index is 0.900. The topological polar surface area (TPSA) is 26.0 Å². The Bertz CT molecular complexity index is 175. The molecule has 1 aromatic rings. The van der Waals surface area contributed by atoms with Crippen molar-refractivity contribution in [3.8, 4) is 0 Å². The second-order valence-corrected chi connectivity index (χ2v) is 3.34. The Morgan fingerprint density at radius 2 is 2.38 bits per heavy atom. The average molecular weight is 192 g/mol. The third-order valence-corrected chi connectivity index (χ3v) is 3.06. The summed E-state index contributed by atoms with van der Waals surface area (Å²) in [5.74, 6) is 0. The minimum atomic E-state index is 0.900. The van der Waals surface area contributed by atoms with Crippen LogP contribution >= 0.6 is 27.3 Å². The fourth-order valence-electron chi connectivity index (χ4n) is 0.410. The van der Waals surface area contributed by atoms with Gasteiger partial charge in [0.15, 0.2) is 0 Å². The van der Waals surface area contributed by atoms with Crippen LogP contribution in [0.2, 0.25) is 0 Å². The third-order valence-electron chi connectivity index (χ3n) is 1.02. The van der Waals surface area contributed by atoms with Crippen molar-refractivity contribution in [1.82, 2.24) is 0 Å². The number of nitrogen functional groups attached to an aromatic ring is 1. The molecule has 8 heavy (non-hydrogen) atoms. The van der Waals surface area contributed by atoms with Crippen molar-refractivity contribution in [3.63, 3.8) is 0 Å². The Kier molecular flexibility index (Phi) is 1.58. The van der Waals surface area contributed by atoms with Gasteiger partial charge in [-0.2, -0.15) is 0 Å². The van der Waals surface area contributed by atoms with Crippen molar-refractivity contribution in [2.75, 3.05) is 5.73 Å². The first-order valence-electron chi connectivity index (χ1n) is 2.21. The predicted octanol–water partition coefficient (Wildman–Crippen LogP) is 2.40. The summed E-state index contributed by atoms with van der Waals surface area (Å²) in [4.78, 5) is 0. The zero-order valence-corrected chi connectivity index (χ0v) is 6.84. The number of anilines is 1. The minimum Gasteiger partial charge on any atom is -0.390 e. The fourth-order valence-corrected chi connectivity index (χ4v) is 1.73. The van der Waals surface area contributed by atoms with E-state index in [0.717, 1.165) is 15.0 Å². The quantitative estimate of drug-likeness (QED) is 0.671. The van der Waals surface area contributed by atoms with Crippen molar-refractivity contribution in [2.24, 2.45) is 0 Å². The third kappa shape index (κ3) is 0.880. The molecular weight excluding hydrogens is 186 g/mol. The van der Waals surface area contributed by atoms with E-state index in [1.54, 1.807) is 11.3 Å². The van der Waals surface area contributed by atoms with Crippen LogP contribution in [-0.2, 0) is 0 Å². The van der Waals surface area contributed by atoms with Crippen LogP contribution in [0.5, 0.6) is 0 Å². The van der Waals surface area contributed by atoms with Crippen LogP contribution in [0.15, 0.2) is 9.85 Å². The van der Waals surface area contributed by atoms with Gasteiger partial charge < -0.3 is 5.73 Å². The lowest BCUT2D eigenvalue weighted by Crippen LogP contribution is -1.79. The van der Waals surface area contributed by atoms with E-state index in [1.807, 2.05) is 12.3 Å². The molecule has 0 aliphatic carbocycles.